The Morgan fingerprint density at radius 2 is 1.07 bits per heavy atom. The highest BCUT2D eigenvalue weighted by atomic mass is 16.6. The first-order chi connectivity index (χ1) is 13.0. The molecule has 0 aromatic carbocycles. The second-order valence-corrected chi connectivity index (χ2v) is 6.80. The first-order valence-electron chi connectivity index (χ1n) is 9.29. The molecule has 0 N–H and O–H groups in total. The van der Waals surface area contributed by atoms with Gasteiger partial charge in [0.15, 0.2) is 0 Å². The van der Waals surface area contributed by atoms with E-state index in [1.54, 1.807) is 19.5 Å². The number of aromatic nitrogens is 2. The summed E-state index contributed by atoms with van der Waals surface area (Å²) in [6.07, 6.45) is 3.59. The van der Waals surface area contributed by atoms with Crippen LogP contribution in [0.2, 0.25) is 0 Å². The molecular weight excluding hydrogens is 352 g/mol. The molecule has 1 aromatic rings. The normalized spacial score (nSPS) is 11.7. The van der Waals surface area contributed by atoms with Crippen molar-refractivity contribution in [3.63, 3.8) is 0 Å². The first-order valence-corrected chi connectivity index (χ1v) is 9.29. The molecule has 0 amide bonds. The Morgan fingerprint density at radius 3 is 1.48 bits per heavy atom. The van der Waals surface area contributed by atoms with Gasteiger partial charge in [0.05, 0.1) is 59.5 Å². The van der Waals surface area contributed by atoms with E-state index in [9.17, 15) is 0 Å². The Morgan fingerprint density at radius 1 is 0.667 bits per heavy atom. The van der Waals surface area contributed by atoms with Crippen molar-refractivity contribution in [1.82, 2.24) is 9.97 Å². The predicted octanol–water partition coefficient (Wildman–Crippen LogP) is 1.87. The van der Waals surface area contributed by atoms with Crippen molar-refractivity contribution in [3.8, 4) is 6.01 Å². The van der Waals surface area contributed by atoms with Gasteiger partial charge in [0.25, 0.3) is 0 Å². The number of methoxy groups -OCH3 is 1. The molecule has 0 saturated heterocycles. The Balaban J connectivity index is 1.87. The lowest BCUT2D eigenvalue weighted by Crippen LogP contribution is -2.15. The van der Waals surface area contributed by atoms with Gasteiger partial charge in [-0.2, -0.15) is 0 Å². The van der Waals surface area contributed by atoms with Crippen molar-refractivity contribution >= 4 is 0 Å². The van der Waals surface area contributed by atoms with Gasteiger partial charge < -0.3 is 28.4 Å². The monoisotopic (exact) mass is 386 g/mol. The highest BCUT2D eigenvalue weighted by Gasteiger charge is 2.14. The van der Waals surface area contributed by atoms with Crippen molar-refractivity contribution < 1.29 is 28.4 Å². The smallest absolute Gasteiger partial charge is 0.316 e. The first kappa shape index (κ1) is 23.7. The molecule has 0 saturated carbocycles. The number of hydrogen-bond acceptors (Lipinski definition) is 8. The molecule has 0 spiro atoms. The van der Waals surface area contributed by atoms with Crippen LogP contribution in [0.15, 0.2) is 12.4 Å². The summed E-state index contributed by atoms with van der Waals surface area (Å²) < 4.78 is 31.8. The molecule has 0 fully saturated rings. The Bertz CT molecular complexity index is 464. The van der Waals surface area contributed by atoms with E-state index in [2.05, 4.69) is 30.7 Å². The van der Waals surface area contributed by atoms with Crippen LogP contribution >= 0.6 is 0 Å². The van der Waals surface area contributed by atoms with E-state index in [1.165, 1.54) is 0 Å². The Labute approximate surface area is 162 Å². The molecule has 8 heteroatoms. The van der Waals surface area contributed by atoms with Gasteiger partial charge in [-0.05, 0) is 11.0 Å². The van der Waals surface area contributed by atoms with E-state index >= 15 is 0 Å². The lowest BCUT2D eigenvalue weighted by molar-refractivity contribution is -0.00998. The van der Waals surface area contributed by atoms with Gasteiger partial charge in [0.2, 0.25) is 0 Å². The second kappa shape index (κ2) is 14.7. The van der Waals surface area contributed by atoms with Crippen LogP contribution in [0, 0.1) is 0 Å². The number of hydrogen-bond donors (Lipinski definition) is 0. The van der Waals surface area contributed by atoms with E-state index in [-0.39, 0.29) is 5.41 Å². The fraction of sp³-hybridized carbons (Fsp3) is 0.789. The highest BCUT2D eigenvalue weighted by Crippen LogP contribution is 2.20. The second-order valence-electron chi connectivity index (χ2n) is 6.80. The molecule has 0 bridgehead atoms. The third-order valence-corrected chi connectivity index (χ3v) is 3.50. The average molecular weight is 386 g/mol. The van der Waals surface area contributed by atoms with Crippen molar-refractivity contribution in [3.05, 3.63) is 18.0 Å². The maximum Gasteiger partial charge on any atom is 0.316 e. The zero-order valence-corrected chi connectivity index (χ0v) is 17.1. The van der Waals surface area contributed by atoms with Crippen LogP contribution < -0.4 is 4.74 Å². The van der Waals surface area contributed by atoms with E-state index in [4.69, 9.17) is 28.4 Å². The Kier molecular flexibility index (Phi) is 12.9. The van der Waals surface area contributed by atoms with E-state index in [0.717, 1.165) is 5.56 Å². The van der Waals surface area contributed by atoms with Crippen LogP contribution in [0.5, 0.6) is 6.01 Å². The van der Waals surface area contributed by atoms with Crippen LogP contribution in [0.3, 0.4) is 0 Å². The van der Waals surface area contributed by atoms with Crippen LogP contribution in [-0.2, 0) is 29.1 Å². The van der Waals surface area contributed by atoms with Crippen molar-refractivity contribution in [2.75, 3.05) is 73.2 Å². The molecule has 0 aliphatic rings. The van der Waals surface area contributed by atoms with Gasteiger partial charge in [-0.25, -0.2) is 9.97 Å². The van der Waals surface area contributed by atoms with Gasteiger partial charge in [-0.1, -0.05) is 20.8 Å². The summed E-state index contributed by atoms with van der Waals surface area (Å²) in [6, 6.07) is 0.367. The molecule has 1 aromatic heterocycles. The van der Waals surface area contributed by atoms with Gasteiger partial charge >= 0.3 is 6.01 Å². The summed E-state index contributed by atoms with van der Waals surface area (Å²) >= 11 is 0. The summed E-state index contributed by atoms with van der Waals surface area (Å²) in [5, 5.41) is 0. The zero-order valence-electron chi connectivity index (χ0n) is 17.1. The fourth-order valence-electron chi connectivity index (χ4n) is 1.87. The minimum absolute atomic E-state index is 0.0323. The number of rotatable bonds is 16. The van der Waals surface area contributed by atoms with Crippen molar-refractivity contribution in [2.45, 2.75) is 26.2 Å². The van der Waals surface area contributed by atoms with Crippen LogP contribution in [0.4, 0.5) is 0 Å². The van der Waals surface area contributed by atoms with Crippen LogP contribution in [0.1, 0.15) is 26.3 Å². The van der Waals surface area contributed by atoms with E-state index in [0.29, 0.717) is 72.1 Å². The molecule has 0 aliphatic carbocycles. The summed E-state index contributed by atoms with van der Waals surface area (Å²) in [5.41, 5.74) is 1.11. The molecule has 0 radical (unpaired) electrons. The molecule has 0 unspecified atom stereocenters. The van der Waals surface area contributed by atoms with Gasteiger partial charge in [0, 0.05) is 19.5 Å². The third kappa shape index (κ3) is 12.6. The molecule has 156 valence electrons. The third-order valence-electron chi connectivity index (χ3n) is 3.50. The van der Waals surface area contributed by atoms with Crippen molar-refractivity contribution in [2.24, 2.45) is 0 Å². The molecule has 1 rings (SSSR count). The number of ether oxygens (including phenoxy) is 6. The lowest BCUT2D eigenvalue weighted by atomic mass is 9.89. The van der Waals surface area contributed by atoms with Gasteiger partial charge in [0.1, 0.15) is 6.61 Å². The standard InChI is InChI=1S/C19H34N2O6/c1-19(2,3)17-15-20-18(21-16-17)27-14-13-26-12-11-25-10-9-24-8-7-23-6-5-22-4/h15-16H,5-14H2,1-4H3. The molecule has 1 heterocycles. The molecule has 8 nitrogen and oxygen atoms in total. The minimum atomic E-state index is 0.0323. The highest BCUT2D eigenvalue weighted by molar-refractivity contribution is 5.16. The van der Waals surface area contributed by atoms with Crippen LogP contribution in [0.25, 0.3) is 0 Å². The van der Waals surface area contributed by atoms with Gasteiger partial charge in [-0.3, -0.25) is 0 Å². The summed E-state index contributed by atoms with van der Waals surface area (Å²) in [6.45, 7) is 11.6. The van der Waals surface area contributed by atoms with Gasteiger partial charge in [-0.15, -0.1) is 0 Å². The quantitative estimate of drug-likeness (QED) is 0.398. The fourth-order valence-corrected chi connectivity index (χ4v) is 1.87. The van der Waals surface area contributed by atoms with E-state index < -0.39 is 0 Å². The molecule has 27 heavy (non-hydrogen) atoms. The maximum atomic E-state index is 5.45. The Hall–Kier alpha value is -1.32. The summed E-state index contributed by atoms with van der Waals surface area (Å²) in [7, 11) is 1.65. The lowest BCUT2D eigenvalue weighted by Gasteiger charge is -2.17. The number of nitrogens with zero attached hydrogens (tertiary/aromatic N) is 2. The average Bonchev–Trinajstić information content (AvgIpc) is 2.64. The molecular formula is C19H34N2O6. The topological polar surface area (TPSA) is 81.2 Å². The SMILES string of the molecule is COCCOCCOCCOCCOCCOc1ncc(C(C)(C)C)cn1. The van der Waals surface area contributed by atoms with Crippen LogP contribution in [-0.4, -0.2) is 83.1 Å². The summed E-state index contributed by atoms with van der Waals surface area (Å²) in [4.78, 5) is 8.41. The molecule has 0 aliphatic heterocycles. The maximum absolute atomic E-state index is 5.45. The van der Waals surface area contributed by atoms with Crippen molar-refractivity contribution in [1.29, 1.82) is 0 Å². The predicted molar refractivity (Wildman–Crippen MR) is 101 cm³/mol. The largest absolute Gasteiger partial charge is 0.461 e. The minimum Gasteiger partial charge on any atom is -0.461 e. The summed E-state index contributed by atoms with van der Waals surface area (Å²) in [5.74, 6) is 0. The zero-order chi connectivity index (χ0) is 19.8. The molecule has 0 atom stereocenters. The van der Waals surface area contributed by atoms with E-state index in [1.807, 2.05) is 0 Å².